The summed E-state index contributed by atoms with van der Waals surface area (Å²) in [5, 5.41) is 14.2. The number of carbonyl (C=O) groups excluding carboxylic acids is 1. The Morgan fingerprint density at radius 1 is 1.15 bits per heavy atom. The van der Waals surface area contributed by atoms with E-state index in [4.69, 9.17) is 15.1 Å². The summed E-state index contributed by atoms with van der Waals surface area (Å²) in [6.07, 6.45) is 2.28. The number of nitriles is 1. The van der Waals surface area contributed by atoms with E-state index in [-0.39, 0.29) is 28.5 Å². The predicted molar refractivity (Wildman–Crippen MR) is 119 cm³/mol. The smallest absolute Gasteiger partial charge is 0.254 e. The normalized spacial score (nSPS) is 16.5. The fraction of sp³-hybridized carbons (Fsp3) is 0.391. The van der Waals surface area contributed by atoms with E-state index < -0.39 is 15.8 Å². The van der Waals surface area contributed by atoms with E-state index in [0.29, 0.717) is 50.0 Å². The molecule has 1 amide bonds. The first-order valence-corrected chi connectivity index (χ1v) is 12.3. The zero-order chi connectivity index (χ0) is 23.6. The minimum atomic E-state index is -3.97. The van der Waals surface area contributed by atoms with Crippen LogP contribution in [0.3, 0.4) is 0 Å². The summed E-state index contributed by atoms with van der Waals surface area (Å²) < 4.78 is 43.8. The van der Waals surface area contributed by atoms with Crippen LogP contribution in [0.25, 0.3) is 0 Å². The number of amides is 1. The van der Waals surface area contributed by atoms with Crippen molar-refractivity contribution in [3.63, 3.8) is 0 Å². The number of sulfonamides is 1. The van der Waals surface area contributed by atoms with Gasteiger partial charge in [0.15, 0.2) is 0 Å². The van der Waals surface area contributed by atoms with Crippen LogP contribution in [0.1, 0.15) is 34.3 Å². The summed E-state index contributed by atoms with van der Waals surface area (Å²) in [6, 6.07) is 10.5. The first kappa shape index (κ1) is 23.2. The molecule has 1 saturated carbocycles. The molecule has 4 rings (SSSR count). The topological polar surface area (TPSA) is 117 Å². The first-order valence-electron chi connectivity index (χ1n) is 10.7. The van der Waals surface area contributed by atoms with Gasteiger partial charge in [-0.05, 0) is 54.7 Å². The summed E-state index contributed by atoms with van der Waals surface area (Å²) in [5.74, 6) is -0.237. The second-order valence-corrected chi connectivity index (χ2v) is 9.94. The maximum Gasteiger partial charge on any atom is 0.254 e. The van der Waals surface area contributed by atoms with Gasteiger partial charge in [-0.3, -0.25) is 4.79 Å². The quantitative estimate of drug-likeness (QED) is 0.661. The number of piperazine rings is 1. The van der Waals surface area contributed by atoms with E-state index in [2.05, 4.69) is 0 Å². The van der Waals surface area contributed by atoms with Gasteiger partial charge in [0.1, 0.15) is 5.82 Å². The lowest BCUT2D eigenvalue weighted by molar-refractivity contribution is 0.0734. The van der Waals surface area contributed by atoms with Crippen molar-refractivity contribution in [1.29, 1.82) is 5.26 Å². The van der Waals surface area contributed by atoms with Crippen LogP contribution < -0.4 is 10.0 Å². The van der Waals surface area contributed by atoms with Crippen molar-refractivity contribution in [3.05, 3.63) is 58.9 Å². The average molecular weight is 473 g/mol. The summed E-state index contributed by atoms with van der Waals surface area (Å²) in [5.41, 5.74) is 1.48. The number of rotatable bonds is 7. The number of hydrogen-bond acceptors (Lipinski definition) is 6. The highest BCUT2D eigenvalue weighted by Gasteiger charge is 2.27. The Bertz CT molecular complexity index is 1200. The van der Waals surface area contributed by atoms with Gasteiger partial charge in [0.2, 0.25) is 10.0 Å². The predicted octanol–water partition coefficient (Wildman–Crippen LogP) is 2.23. The maximum atomic E-state index is 14.4. The van der Waals surface area contributed by atoms with Gasteiger partial charge in [0, 0.05) is 38.3 Å². The van der Waals surface area contributed by atoms with Crippen molar-refractivity contribution in [2.75, 3.05) is 37.7 Å². The molecule has 0 bridgehead atoms. The second kappa shape index (κ2) is 9.47. The molecule has 0 unspecified atom stereocenters. The third-order valence-corrected chi connectivity index (χ3v) is 6.84. The number of anilines is 1. The SMILES string of the molecule is N#Cc1ccc(N2CCN(C(=O)c3cc(S(N)(=O)=O)ccc3COCC3CC3)CC2)c(F)c1. The Balaban J connectivity index is 1.49. The van der Waals surface area contributed by atoms with Crippen molar-refractivity contribution in [2.24, 2.45) is 11.1 Å². The van der Waals surface area contributed by atoms with Crippen molar-refractivity contribution >= 4 is 21.6 Å². The van der Waals surface area contributed by atoms with Crippen LogP contribution in [0.2, 0.25) is 0 Å². The molecule has 0 radical (unpaired) electrons. The Kier molecular flexibility index (Phi) is 6.65. The molecular weight excluding hydrogens is 447 g/mol. The minimum Gasteiger partial charge on any atom is -0.376 e. The summed E-state index contributed by atoms with van der Waals surface area (Å²) >= 11 is 0. The number of nitrogens with two attached hydrogens (primary N) is 1. The van der Waals surface area contributed by atoms with Gasteiger partial charge in [0.25, 0.3) is 5.91 Å². The molecule has 2 fully saturated rings. The average Bonchev–Trinajstić information content (AvgIpc) is 3.62. The second-order valence-electron chi connectivity index (χ2n) is 8.38. The summed E-state index contributed by atoms with van der Waals surface area (Å²) in [4.78, 5) is 16.6. The lowest BCUT2D eigenvalue weighted by atomic mass is 10.1. The first-order chi connectivity index (χ1) is 15.8. The van der Waals surface area contributed by atoms with Gasteiger partial charge in [-0.15, -0.1) is 0 Å². The molecule has 2 aromatic carbocycles. The van der Waals surface area contributed by atoms with E-state index in [1.54, 1.807) is 23.1 Å². The third-order valence-electron chi connectivity index (χ3n) is 5.93. The molecule has 1 heterocycles. The van der Waals surface area contributed by atoms with Crippen molar-refractivity contribution in [1.82, 2.24) is 4.90 Å². The van der Waals surface area contributed by atoms with E-state index >= 15 is 0 Å². The zero-order valence-electron chi connectivity index (χ0n) is 18.0. The summed E-state index contributed by atoms with van der Waals surface area (Å²) in [7, 11) is -3.97. The minimum absolute atomic E-state index is 0.130. The lowest BCUT2D eigenvalue weighted by Gasteiger charge is -2.36. The monoisotopic (exact) mass is 472 g/mol. The number of ether oxygens (including phenoxy) is 1. The number of hydrogen-bond donors (Lipinski definition) is 1. The highest BCUT2D eigenvalue weighted by molar-refractivity contribution is 7.89. The van der Waals surface area contributed by atoms with Gasteiger partial charge < -0.3 is 14.5 Å². The molecule has 1 saturated heterocycles. The number of carbonyl (C=O) groups is 1. The van der Waals surface area contributed by atoms with Crippen LogP contribution in [0, 0.1) is 23.1 Å². The molecular formula is C23H25FN4O4S. The molecule has 0 aromatic heterocycles. The van der Waals surface area contributed by atoms with Crippen LogP contribution in [0.15, 0.2) is 41.3 Å². The molecule has 8 nitrogen and oxygen atoms in total. The molecule has 10 heteroatoms. The van der Waals surface area contributed by atoms with Crippen LogP contribution in [-0.4, -0.2) is 52.0 Å². The lowest BCUT2D eigenvalue weighted by Crippen LogP contribution is -2.49. The molecule has 0 atom stereocenters. The van der Waals surface area contributed by atoms with Crippen LogP contribution in [0.4, 0.5) is 10.1 Å². The fourth-order valence-corrected chi connectivity index (χ4v) is 4.37. The van der Waals surface area contributed by atoms with Gasteiger partial charge >= 0.3 is 0 Å². The zero-order valence-corrected chi connectivity index (χ0v) is 18.9. The van der Waals surface area contributed by atoms with Gasteiger partial charge in [-0.25, -0.2) is 17.9 Å². The van der Waals surface area contributed by atoms with Crippen LogP contribution >= 0.6 is 0 Å². The van der Waals surface area contributed by atoms with Crippen molar-refractivity contribution < 1.29 is 22.3 Å². The van der Waals surface area contributed by atoms with E-state index in [1.807, 2.05) is 11.0 Å². The molecule has 2 aromatic rings. The fourth-order valence-electron chi connectivity index (χ4n) is 3.83. The number of halogens is 1. The molecule has 174 valence electrons. The Morgan fingerprint density at radius 3 is 2.48 bits per heavy atom. The number of nitrogens with zero attached hydrogens (tertiary/aromatic N) is 3. The van der Waals surface area contributed by atoms with E-state index in [0.717, 1.165) is 12.8 Å². The summed E-state index contributed by atoms with van der Waals surface area (Å²) in [6.45, 7) is 2.28. The highest BCUT2D eigenvalue weighted by Crippen LogP contribution is 2.29. The molecule has 2 N–H and O–H groups in total. The van der Waals surface area contributed by atoms with Crippen LogP contribution in [0.5, 0.6) is 0 Å². The Morgan fingerprint density at radius 2 is 1.88 bits per heavy atom. The molecule has 1 aliphatic heterocycles. The number of primary sulfonamides is 1. The molecule has 33 heavy (non-hydrogen) atoms. The Hall–Kier alpha value is -3.00. The van der Waals surface area contributed by atoms with E-state index in [1.165, 1.54) is 18.2 Å². The van der Waals surface area contributed by atoms with Gasteiger partial charge in [-0.1, -0.05) is 6.07 Å². The highest BCUT2D eigenvalue weighted by atomic mass is 32.2. The molecule has 1 aliphatic carbocycles. The maximum absolute atomic E-state index is 14.4. The van der Waals surface area contributed by atoms with E-state index in [9.17, 15) is 17.6 Å². The molecule has 2 aliphatic rings. The Labute approximate surface area is 192 Å². The largest absolute Gasteiger partial charge is 0.376 e. The molecule has 0 spiro atoms. The van der Waals surface area contributed by atoms with Crippen molar-refractivity contribution in [3.8, 4) is 6.07 Å². The standard InChI is InChI=1S/C23H25FN4O4S/c24-21-11-17(13-25)3-6-22(21)27-7-9-28(10-8-27)23(29)20-12-19(33(26,30)31)5-4-18(20)15-32-14-16-1-2-16/h3-6,11-12,16H,1-2,7-10,14-15H2,(H2,26,30,31). The van der Waals surface area contributed by atoms with Crippen LogP contribution in [-0.2, 0) is 21.4 Å². The van der Waals surface area contributed by atoms with Crippen molar-refractivity contribution in [2.45, 2.75) is 24.3 Å². The number of benzene rings is 2. The third kappa shape index (κ3) is 5.50. The van der Waals surface area contributed by atoms with Gasteiger partial charge in [0.05, 0.1) is 28.8 Å². The van der Waals surface area contributed by atoms with Gasteiger partial charge in [-0.2, -0.15) is 5.26 Å².